The van der Waals surface area contributed by atoms with E-state index >= 15 is 0 Å². The normalized spacial score (nSPS) is 21.0. The van der Waals surface area contributed by atoms with E-state index in [1.54, 1.807) is 0 Å². The summed E-state index contributed by atoms with van der Waals surface area (Å²) in [5.74, 6) is 0.861. The third-order valence-electron chi connectivity index (χ3n) is 6.34. The van der Waals surface area contributed by atoms with Crippen LogP contribution >= 0.6 is 23.4 Å². The highest BCUT2D eigenvalue weighted by molar-refractivity contribution is 7.99. The smallest absolute Gasteiger partial charge is 0.134 e. The number of fused-ring (bicyclic) bond motifs is 4. The Balaban J connectivity index is 1.64. The fraction of sp³-hybridized carbons (Fsp3) is 0.138. The van der Waals surface area contributed by atoms with Crippen molar-refractivity contribution in [3.8, 4) is 5.75 Å². The fourth-order valence-corrected chi connectivity index (χ4v) is 6.61. The van der Waals surface area contributed by atoms with Gasteiger partial charge in [0.15, 0.2) is 0 Å². The molecule has 0 bridgehead atoms. The fourth-order valence-electron chi connectivity index (χ4n) is 4.78. The Kier molecular flexibility index (Phi) is 5.24. The van der Waals surface area contributed by atoms with Crippen LogP contribution in [0.3, 0.4) is 0 Å². The molecule has 162 valence electrons. The van der Waals surface area contributed by atoms with Gasteiger partial charge in [0, 0.05) is 20.7 Å². The second-order valence-corrected chi connectivity index (χ2v) is 10.1. The number of hydrogen-bond acceptors (Lipinski definition) is 3. The molecule has 6 rings (SSSR count). The highest BCUT2D eigenvalue weighted by Gasteiger charge is 2.44. The number of halogens is 1. The molecule has 2 nitrogen and oxygen atoms in total. The molecule has 2 aliphatic rings. The number of benzene rings is 4. The lowest BCUT2D eigenvalue weighted by atomic mass is 9.80. The minimum Gasteiger partial charge on any atom is -0.484 e. The van der Waals surface area contributed by atoms with Gasteiger partial charge in [-0.05, 0) is 53.9 Å². The molecule has 33 heavy (non-hydrogen) atoms. The lowest BCUT2D eigenvalue weighted by Crippen LogP contribution is -2.35. The highest BCUT2D eigenvalue weighted by atomic mass is 35.5. The molecule has 0 spiro atoms. The molecular weight excluding hydrogens is 446 g/mol. The Hall–Kier alpha value is -3.01. The summed E-state index contributed by atoms with van der Waals surface area (Å²) in [4.78, 5) is 6.47. The van der Waals surface area contributed by atoms with E-state index in [1.165, 1.54) is 10.5 Å². The van der Waals surface area contributed by atoms with Gasteiger partial charge in [-0.3, -0.25) is 4.99 Å². The zero-order chi connectivity index (χ0) is 22.4. The Morgan fingerprint density at radius 1 is 0.848 bits per heavy atom. The summed E-state index contributed by atoms with van der Waals surface area (Å²) in [5.41, 5.74) is 6.60. The number of aliphatic imine (C=N–C) groups is 1. The average molecular weight is 468 g/mol. The molecule has 0 saturated heterocycles. The summed E-state index contributed by atoms with van der Waals surface area (Å²) in [7, 11) is 0. The van der Waals surface area contributed by atoms with Crippen LogP contribution in [0.25, 0.3) is 0 Å². The molecule has 0 amide bonds. The number of rotatable bonds is 2. The van der Waals surface area contributed by atoms with Crippen LogP contribution in [-0.2, 0) is 0 Å². The first-order valence-corrected chi connectivity index (χ1v) is 12.4. The van der Waals surface area contributed by atoms with Crippen molar-refractivity contribution in [1.29, 1.82) is 0 Å². The zero-order valence-electron chi connectivity index (χ0n) is 18.1. The molecule has 2 heterocycles. The topological polar surface area (TPSA) is 21.6 Å². The van der Waals surface area contributed by atoms with Crippen LogP contribution in [0.5, 0.6) is 5.75 Å². The van der Waals surface area contributed by atoms with Crippen molar-refractivity contribution >= 4 is 34.8 Å². The van der Waals surface area contributed by atoms with Crippen molar-refractivity contribution in [3.63, 3.8) is 0 Å². The van der Waals surface area contributed by atoms with Crippen LogP contribution in [0.4, 0.5) is 5.69 Å². The summed E-state index contributed by atoms with van der Waals surface area (Å²) >= 11 is 8.64. The Bertz CT molecular complexity index is 1370. The van der Waals surface area contributed by atoms with Crippen LogP contribution in [0.2, 0.25) is 5.02 Å². The molecule has 0 fully saturated rings. The van der Waals surface area contributed by atoms with Gasteiger partial charge >= 0.3 is 0 Å². The van der Waals surface area contributed by atoms with E-state index in [1.807, 2.05) is 42.1 Å². The molecule has 4 heteroatoms. The Morgan fingerprint density at radius 2 is 1.61 bits per heavy atom. The largest absolute Gasteiger partial charge is 0.484 e. The van der Waals surface area contributed by atoms with Crippen molar-refractivity contribution in [1.82, 2.24) is 0 Å². The standard InChI is InChI=1S/C29H22ClNOS/c1-18-15-16-23-25(17-18)33-29(20-11-5-7-13-22(20)30)26-27(31-23)21-12-6-8-14-24(21)32-28(26)19-9-3-2-4-10-19/h2-17,26,28-29H,1H3. The highest BCUT2D eigenvalue weighted by Crippen LogP contribution is 2.56. The molecule has 0 aromatic heterocycles. The summed E-state index contributed by atoms with van der Waals surface area (Å²) in [5, 5.41) is 0.815. The lowest BCUT2D eigenvalue weighted by Gasteiger charge is -2.38. The first kappa shape index (κ1) is 20.6. The van der Waals surface area contributed by atoms with Gasteiger partial charge in [-0.25, -0.2) is 0 Å². The predicted octanol–water partition coefficient (Wildman–Crippen LogP) is 8.37. The predicted molar refractivity (Wildman–Crippen MR) is 137 cm³/mol. The van der Waals surface area contributed by atoms with Crippen molar-refractivity contribution in [2.75, 3.05) is 0 Å². The van der Waals surface area contributed by atoms with Gasteiger partial charge in [0.05, 0.1) is 17.3 Å². The number of nitrogens with zero attached hydrogens (tertiary/aromatic N) is 1. The number of hydrogen-bond donors (Lipinski definition) is 0. The molecule has 4 aromatic carbocycles. The minimum atomic E-state index is -0.177. The van der Waals surface area contributed by atoms with Crippen molar-refractivity contribution in [2.24, 2.45) is 10.9 Å². The maximum Gasteiger partial charge on any atom is 0.134 e. The van der Waals surface area contributed by atoms with Crippen LogP contribution in [0.15, 0.2) is 107 Å². The summed E-state index contributed by atoms with van der Waals surface area (Å²) in [6, 6.07) is 33.4. The first-order valence-electron chi connectivity index (χ1n) is 11.1. The second-order valence-electron chi connectivity index (χ2n) is 8.50. The second kappa shape index (κ2) is 8.40. The maximum absolute atomic E-state index is 6.80. The Morgan fingerprint density at radius 3 is 2.45 bits per heavy atom. The van der Waals surface area contributed by atoms with E-state index in [0.717, 1.165) is 38.9 Å². The first-order chi connectivity index (χ1) is 16.2. The van der Waals surface area contributed by atoms with E-state index in [4.69, 9.17) is 21.3 Å². The molecule has 2 aliphatic heterocycles. The van der Waals surface area contributed by atoms with E-state index in [-0.39, 0.29) is 17.3 Å². The monoisotopic (exact) mass is 467 g/mol. The molecule has 0 aliphatic carbocycles. The van der Waals surface area contributed by atoms with Crippen molar-refractivity contribution in [3.05, 3.63) is 124 Å². The van der Waals surface area contributed by atoms with E-state index < -0.39 is 0 Å². The lowest BCUT2D eigenvalue weighted by molar-refractivity contribution is 0.156. The van der Waals surface area contributed by atoms with Crippen molar-refractivity contribution < 1.29 is 4.74 Å². The van der Waals surface area contributed by atoms with E-state index in [2.05, 4.69) is 73.7 Å². The maximum atomic E-state index is 6.80. The van der Waals surface area contributed by atoms with Gasteiger partial charge < -0.3 is 4.74 Å². The third kappa shape index (κ3) is 3.66. The van der Waals surface area contributed by atoms with Crippen LogP contribution < -0.4 is 4.74 Å². The quantitative estimate of drug-likeness (QED) is 0.295. The van der Waals surface area contributed by atoms with Crippen LogP contribution in [0, 0.1) is 12.8 Å². The number of aryl methyl sites for hydroxylation is 1. The van der Waals surface area contributed by atoms with Crippen LogP contribution in [-0.4, -0.2) is 5.71 Å². The van der Waals surface area contributed by atoms with Gasteiger partial charge in [0.2, 0.25) is 0 Å². The molecule has 0 N–H and O–H groups in total. The van der Waals surface area contributed by atoms with Gasteiger partial charge in [-0.15, -0.1) is 11.8 Å². The van der Waals surface area contributed by atoms with E-state index in [9.17, 15) is 0 Å². The molecule has 3 atom stereocenters. The average Bonchev–Trinajstić information content (AvgIpc) is 3.01. The van der Waals surface area contributed by atoms with Crippen molar-refractivity contribution in [2.45, 2.75) is 23.2 Å². The van der Waals surface area contributed by atoms with E-state index in [0.29, 0.717) is 0 Å². The molecule has 0 saturated carbocycles. The van der Waals surface area contributed by atoms with Gasteiger partial charge in [-0.1, -0.05) is 78.3 Å². The number of ether oxygens (including phenoxy) is 1. The molecule has 0 radical (unpaired) electrons. The van der Waals surface area contributed by atoms with Gasteiger partial charge in [-0.2, -0.15) is 0 Å². The molecular formula is C29H22ClNOS. The van der Waals surface area contributed by atoms with Crippen LogP contribution in [0.1, 0.15) is 33.6 Å². The number of thioether (sulfide) groups is 1. The summed E-state index contributed by atoms with van der Waals surface area (Å²) in [6.07, 6.45) is -0.177. The van der Waals surface area contributed by atoms with Gasteiger partial charge in [0.1, 0.15) is 11.9 Å². The number of para-hydroxylation sites is 1. The molecule has 4 aromatic rings. The summed E-state index contributed by atoms with van der Waals surface area (Å²) < 4.78 is 6.72. The zero-order valence-corrected chi connectivity index (χ0v) is 19.7. The molecule has 3 unspecified atom stereocenters. The third-order valence-corrected chi connectivity index (χ3v) is 8.06. The minimum absolute atomic E-state index is 0.0140. The summed E-state index contributed by atoms with van der Waals surface area (Å²) in [6.45, 7) is 2.13. The Labute approximate surface area is 203 Å². The van der Waals surface area contributed by atoms with Gasteiger partial charge in [0.25, 0.3) is 0 Å². The SMILES string of the molecule is Cc1ccc2c(c1)SC(c1ccccc1Cl)C1C(=N2)c2ccccc2OC1c1ccccc1.